The number of phosphoric acid groups is 1. The lowest BCUT2D eigenvalue weighted by molar-refractivity contribution is -0.130. The molecule has 13 nitrogen and oxygen atoms in total. The van der Waals surface area contributed by atoms with E-state index in [9.17, 15) is 23.7 Å². The summed E-state index contributed by atoms with van der Waals surface area (Å²) in [5.74, 6) is -2.39. The Morgan fingerprint density at radius 3 is 2.71 bits per heavy atom. The predicted octanol–water partition coefficient (Wildman–Crippen LogP) is -0.404. The molecule has 2 heterocycles. The molecule has 1 fully saturated rings. The first kappa shape index (κ1) is 25.4. The molecule has 0 aliphatic carbocycles. The highest BCUT2D eigenvalue weighted by Crippen LogP contribution is 2.35. The highest BCUT2D eigenvalue weighted by atomic mass is 31.2. The maximum atomic E-state index is 12.5. The number of methoxy groups -OCH3 is 1. The van der Waals surface area contributed by atoms with Crippen LogP contribution in [0, 0.1) is 5.92 Å². The van der Waals surface area contributed by atoms with E-state index in [1.165, 1.54) is 7.11 Å². The van der Waals surface area contributed by atoms with Gasteiger partial charge in [0.25, 0.3) is 5.91 Å². The molecule has 2 unspecified atom stereocenters. The van der Waals surface area contributed by atoms with Crippen LogP contribution in [-0.4, -0.2) is 71.1 Å². The number of ether oxygens (including phenoxy) is 1. The van der Waals surface area contributed by atoms with Crippen molar-refractivity contribution in [3.63, 3.8) is 0 Å². The molecule has 1 saturated heterocycles. The topological polar surface area (TPSA) is 196 Å². The number of hydrogen-bond acceptors (Lipinski definition) is 7. The highest BCUT2D eigenvalue weighted by molar-refractivity contribution is 7.46. The van der Waals surface area contributed by atoms with Crippen LogP contribution in [0.5, 0.6) is 5.75 Å². The molecular formula is C20H25N4O9P. The number of aromatic amines is 1. The van der Waals surface area contributed by atoms with Crippen LogP contribution in [-0.2, 0) is 23.5 Å². The van der Waals surface area contributed by atoms with Gasteiger partial charge in [0.2, 0.25) is 11.8 Å². The molecule has 6 N–H and O–H groups in total. The van der Waals surface area contributed by atoms with Crippen molar-refractivity contribution in [2.75, 3.05) is 26.8 Å². The largest absolute Gasteiger partial charge is 0.496 e. The molecule has 1 aromatic carbocycles. The van der Waals surface area contributed by atoms with Crippen LogP contribution in [0.4, 0.5) is 0 Å². The maximum Gasteiger partial charge on any atom is 0.470 e. The van der Waals surface area contributed by atoms with Gasteiger partial charge in [0, 0.05) is 23.4 Å². The van der Waals surface area contributed by atoms with Crippen molar-refractivity contribution in [1.29, 1.82) is 0 Å². The van der Waals surface area contributed by atoms with E-state index in [0.29, 0.717) is 29.6 Å². The second kappa shape index (κ2) is 10.8. The summed E-state index contributed by atoms with van der Waals surface area (Å²) in [6, 6.07) is 5.60. The summed E-state index contributed by atoms with van der Waals surface area (Å²) in [4.78, 5) is 69.8. The number of H-pyrrole nitrogens is 1. The number of phosphoric ester groups is 1. The Morgan fingerprint density at radius 1 is 1.29 bits per heavy atom. The fraction of sp³-hybridized carbons (Fsp3) is 0.400. The van der Waals surface area contributed by atoms with Crippen molar-refractivity contribution in [2.45, 2.75) is 18.9 Å². The van der Waals surface area contributed by atoms with E-state index in [-0.39, 0.29) is 18.0 Å². The summed E-state index contributed by atoms with van der Waals surface area (Å²) >= 11 is 0. The smallest absolute Gasteiger partial charge is 0.470 e. The van der Waals surface area contributed by atoms with E-state index in [4.69, 9.17) is 14.5 Å². The molecule has 2 atom stereocenters. The normalized spacial score (nSPS) is 16.7. The molecule has 0 saturated carbocycles. The molecule has 34 heavy (non-hydrogen) atoms. The van der Waals surface area contributed by atoms with Crippen molar-refractivity contribution in [2.24, 2.45) is 5.92 Å². The standard InChI is InChI=1S/C20H25N4O9P/c1-32-17-4-2-3-13-12(17)8-15(23-13)20(28)22-9-18(26)24-14(7-11-5-6-21-19(11)27)16(25)10-33-34(29,30)31/h2-4,8,11,14,23H,5-7,9-10H2,1H3,(H,21,27)(H,22,28)(H,24,26)(H2,29,30,31). The zero-order chi connectivity index (χ0) is 24.9. The molecule has 184 valence electrons. The van der Waals surface area contributed by atoms with Crippen LogP contribution < -0.4 is 20.7 Å². The monoisotopic (exact) mass is 496 g/mol. The van der Waals surface area contributed by atoms with Crippen LogP contribution in [0.15, 0.2) is 24.3 Å². The number of nitrogens with one attached hydrogen (secondary N) is 4. The molecule has 2 aromatic rings. The fourth-order valence-electron chi connectivity index (χ4n) is 3.60. The molecule has 1 aliphatic heterocycles. The summed E-state index contributed by atoms with van der Waals surface area (Å²) in [6.45, 7) is -1.01. The van der Waals surface area contributed by atoms with Gasteiger partial charge in [-0.05, 0) is 31.0 Å². The third-order valence-electron chi connectivity index (χ3n) is 5.28. The van der Waals surface area contributed by atoms with Gasteiger partial charge in [-0.1, -0.05) is 6.07 Å². The Bertz CT molecular complexity index is 1140. The van der Waals surface area contributed by atoms with E-state index >= 15 is 0 Å². The number of rotatable bonds is 11. The first-order chi connectivity index (χ1) is 16.1. The number of carbonyl (C=O) groups is 4. The van der Waals surface area contributed by atoms with Crippen LogP contribution in [0.2, 0.25) is 0 Å². The second-order valence-electron chi connectivity index (χ2n) is 7.65. The number of aromatic nitrogens is 1. The molecular weight excluding hydrogens is 471 g/mol. The number of benzene rings is 1. The minimum atomic E-state index is -4.90. The molecule has 1 aromatic heterocycles. The van der Waals surface area contributed by atoms with Gasteiger partial charge < -0.3 is 35.5 Å². The van der Waals surface area contributed by atoms with Crippen molar-refractivity contribution in [3.05, 3.63) is 30.0 Å². The Balaban J connectivity index is 1.61. The summed E-state index contributed by atoms with van der Waals surface area (Å²) in [6.07, 6.45) is 0.370. The number of Topliss-reactive ketones (excluding diaryl/α,β-unsaturated/α-hetero) is 1. The minimum absolute atomic E-state index is 0.0727. The van der Waals surface area contributed by atoms with Gasteiger partial charge in [0.05, 0.1) is 19.7 Å². The lowest BCUT2D eigenvalue weighted by Gasteiger charge is -2.20. The molecule has 1 aliphatic rings. The van der Waals surface area contributed by atoms with E-state index in [1.54, 1.807) is 24.3 Å². The minimum Gasteiger partial charge on any atom is -0.496 e. The quantitative estimate of drug-likeness (QED) is 0.224. The average Bonchev–Trinajstić information content (AvgIpc) is 3.40. The highest BCUT2D eigenvalue weighted by Gasteiger charge is 2.32. The Hall–Kier alpha value is -3.25. The van der Waals surface area contributed by atoms with Gasteiger partial charge >= 0.3 is 7.82 Å². The number of hydrogen-bond donors (Lipinski definition) is 6. The van der Waals surface area contributed by atoms with Crippen molar-refractivity contribution < 1.29 is 42.8 Å². The zero-order valence-electron chi connectivity index (χ0n) is 18.2. The Kier molecular flexibility index (Phi) is 8.05. The molecule has 0 radical (unpaired) electrons. The van der Waals surface area contributed by atoms with Gasteiger partial charge in [0.1, 0.15) is 18.1 Å². The van der Waals surface area contributed by atoms with Gasteiger partial charge in [-0.15, -0.1) is 0 Å². The van der Waals surface area contributed by atoms with E-state index < -0.39 is 50.5 Å². The SMILES string of the molecule is COc1cccc2[nH]c(C(=O)NCC(=O)NC(CC3CCNC3=O)C(=O)COP(=O)(O)O)cc12. The first-order valence-electron chi connectivity index (χ1n) is 10.3. The van der Waals surface area contributed by atoms with E-state index in [1.807, 2.05) is 0 Å². The van der Waals surface area contributed by atoms with Gasteiger partial charge in [-0.25, -0.2) is 4.57 Å². The molecule has 0 bridgehead atoms. The van der Waals surface area contributed by atoms with Crippen LogP contribution in [0.3, 0.4) is 0 Å². The Morgan fingerprint density at radius 2 is 2.06 bits per heavy atom. The van der Waals surface area contributed by atoms with E-state index in [2.05, 4.69) is 25.5 Å². The Labute approximate surface area is 193 Å². The number of ketones is 1. The summed E-state index contributed by atoms with van der Waals surface area (Å²) in [5, 5.41) is 8.13. The van der Waals surface area contributed by atoms with Crippen LogP contribution in [0.25, 0.3) is 10.9 Å². The predicted molar refractivity (Wildman–Crippen MR) is 118 cm³/mol. The van der Waals surface area contributed by atoms with Crippen molar-refractivity contribution in [3.8, 4) is 5.75 Å². The summed E-state index contributed by atoms with van der Waals surface area (Å²) in [5.41, 5.74) is 0.858. The number of fused-ring (bicyclic) bond motifs is 1. The van der Waals surface area contributed by atoms with Gasteiger partial charge in [-0.2, -0.15) is 0 Å². The average molecular weight is 496 g/mol. The lowest BCUT2D eigenvalue weighted by atomic mass is 9.96. The second-order valence-corrected chi connectivity index (χ2v) is 8.89. The molecule has 3 amide bonds. The van der Waals surface area contributed by atoms with Crippen molar-refractivity contribution in [1.82, 2.24) is 20.9 Å². The van der Waals surface area contributed by atoms with Crippen LogP contribution >= 0.6 is 7.82 Å². The summed E-state index contributed by atoms with van der Waals surface area (Å²) < 4.78 is 20.4. The molecule has 0 spiro atoms. The molecule has 3 rings (SSSR count). The van der Waals surface area contributed by atoms with E-state index in [0.717, 1.165) is 0 Å². The van der Waals surface area contributed by atoms with Crippen LogP contribution in [0.1, 0.15) is 23.3 Å². The maximum absolute atomic E-state index is 12.5. The fourth-order valence-corrected chi connectivity index (χ4v) is 3.90. The number of carbonyl (C=O) groups excluding carboxylic acids is 4. The zero-order valence-corrected chi connectivity index (χ0v) is 19.1. The third-order valence-corrected chi connectivity index (χ3v) is 5.75. The third kappa shape index (κ3) is 6.64. The van der Waals surface area contributed by atoms with Crippen molar-refractivity contribution >= 4 is 42.2 Å². The van der Waals surface area contributed by atoms with Gasteiger partial charge in [-0.3, -0.25) is 23.7 Å². The number of amides is 3. The lowest BCUT2D eigenvalue weighted by Crippen LogP contribution is -2.47. The molecule has 14 heteroatoms. The first-order valence-corrected chi connectivity index (χ1v) is 11.8. The summed E-state index contributed by atoms with van der Waals surface area (Å²) in [7, 11) is -3.40. The van der Waals surface area contributed by atoms with Gasteiger partial charge in [0.15, 0.2) is 5.78 Å².